The first kappa shape index (κ1) is 45.5. The zero-order chi connectivity index (χ0) is 52.7. The number of hydrogen-bond donors (Lipinski definition) is 0. The molecule has 0 aliphatic heterocycles. The third-order valence-corrected chi connectivity index (χ3v) is 16.3. The van der Waals surface area contributed by atoms with Crippen LogP contribution < -0.4 is 4.90 Å². The fourth-order valence-electron chi connectivity index (χ4n) is 12.7. The van der Waals surface area contributed by atoms with E-state index in [1.807, 2.05) is 6.07 Å². The summed E-state index contributed by atoms with van der Waals surface area (Å²) < 4.78 is 11.7. The van der Waals surface area contributed by atoms with Crippen molar-refractivity contribution in [1.29, 1.82) is 0 Å². The van der Waals surface area contributed by atoms with E-state index in [-0.39, 0.29) is 0 Å². The minimum atomic E-state index is 0.874. The quantitative estimate of drug-likeness (QED) is 0.144. The molecular formula is C76H49N3O. The van der Waals surface area contributed by atoms with Crippen molar-refractivity contribution in [2.24, 2.45) is 0 Å². The lowest BCUT2D eigenvalue weighted by atomic mass is 9.92. The molecule has 374 valence electrons. The van der Waals surface area contributed by atoms with Crippen LogP contribution >= 0.6 is 0 Å². The van der Waals surface area contributed by atoms with Gasteiger partial charge in [0.2, 0.25) is 0 Å². The van der Waals surface area contributed by atoms with Crippen molar-refractivity contribution in [2.45, 2.75) is 0 Å². The second-order valence-corrected chi connectivity index (χ2v) is 20.8. The highest BCUT2D eigenvalue weighted by Crippen LogP contribution is 2.51. The maximum absolute atomic E-state index is 6.81. The SMILES string of the molecule is c1ccc(-n2c3c(-c4ccc(N(c5ccccc5-c5ccc6ccccc6c5)c5ccccc5-c5ccccc5-n5c6ccccc6c6ccccc65)c(-c5ccc6ccccc6c5)c4)cccc3c3oc4ccccc4c32)cc1. The molecule has 0 saturated heterocycles. The number of rotatable bonds is 9. The largest absolute Gasteiger partial charge is 0.454 e. The monoisotopic (exact) mass is 1020 g/mol. The fraction of sp³-hybridized carbons (Fsp3) is 0. The van der Waals surface area contributed by atoms with E-state index in [9.17, 15) is 0 Å². The first-order valence-corrected chi connectivity index (χ1v) is 27.4. The van der Waals surface area contributed by atoms with Crippen LogP contribution in [0.1, 0.15) is 0 Å². The van der Waals surface area contributed by atoms with Crippen LogP contribution in [0.5, 0.6) is 0 Å². The Labute approximate surface area is 462 Å². The predicted octanol–water partition coefficient (Wildman–Crippen LogP) is 21.1. The number of anilines is 3. The molecule has 0 aliphatic rings. The summed E-state index contributed by atoms with van der Waals surface area (Å²) in [5.41, 5.74) is 20.5. The molecule has 13 aromatic carbocycles. The molecule has 3 aromatic heterocycles. The minimum absolute atomic E-state index is 0.874. The van der Waals surface area contributed by atoms with Crippen molar-refractivity contribution in [3.63, 3.8) is 0 Å². The smallest absolute Gasteiger partial charge is 0.161 e. The van der Waals surface area contributed by atoms with Gasteiger partial charge in [0.05, 0.1) is 39.3 Å². The van der Waals surface area contributed by atoms with Gasteiger partial charge in [0.1, 0.15) is 11.1 Å². The molecule has 0 unspecified atom stereocenters. The Morgan fingerprint density at radius 1 is 0.275 bits per heavy atom. The van der Waals surface area contributed by atoms with Crippen molar-refractivity contribution in [2.75, 3.05) is 4.90 Å². The Bertz CT molecular complexity index is 5040. The molecule has 0 radical (unpaired) electrons. The van der Waals surface area contributed by atoms with Gasteiger partial charge in [-0.3, -0.25) is 0 Å². The van der Waals surface area contributed by atoms with Crippen LogP contribution in [0.25, 0.3) is 132 Å². The Morgan fingerprint density at radius 2 is 0.762 bits per heavy atom. The van der Waals surface area contributed by atoms with Gasteiger partial charge in [0, 0.05) is 55.0 Å². The van der Waals surface area contributed by atoms with Crippen LogP contribution in [0, 0.1) is 0 Å². The highest BCUT2D eigenvalue weighted by atomic mass is 16.3. The molecule has 0 aliphatic carbocycles. The van der Waals surface area contributed by atoms with Gasteiger partial charge in [0.15, 0.2) is 5.58 Å². The van der Waals surface area contributed by atoms with Gasteiger partial charge in [-0.2, -0.15) is 0 Å². The number of furan rings is 1. The summed E-state index contributed by atoms with van der Waals surface area (Å²) >= 11 is 0. The molecule has 80 heavy (non-hydrogen) atoms. The molecule has 4 nitrogen and oxygen atoms in total. The number of benzene rings is 13. The second kappa shape index (κ2) is 18.5. The lowest BCUT2D eigenvalue weighted by Crippen LogP contribution is -2.14. The van der Waals surface area contributed by atoms with Crippen molar-refractivity contribution in [3.05, 3.63) is 297 Å². The standard InChI is InChI=1S/C76H49N3O/c1-2-25-57(26-3-1)77-74-59(33-20-34-65(74)76-75(77)64-32-13-19-40-73(64)80-76)56-45-46-72(66(49-56)55-44-42-51-22-5-7-24-53(51)48-55)78(67-35-14-8-27-58(67)54-43-41-50-21-4-6-23-52(50)47-54)68-36-15-9-28-60(68)61-29-10-16-37-69(61)79-70-38-17-11-30-62(70)63-31-12-18-39-71(63)79/h1-49H. The van der Waals surface area contributed by atoms with Gasteiger partial charge in [0.25, 0.3) is 0 Å². The van der Waals surface area contributed by atoms with Gasteiger partial charge in [-0.25, -0.2) is 0 Å². The number of para-hydroxylation sites is 8. The highest BCUT2D eigenvalue weighted by Gasteiger charge is 2.27. The highest BCUT2D eigenvalue weighted by molar-refractivity contribution is 6.19. The van der Waals surface area contributed by atoms with E-state index < -0.39 is 0 Å². The van der Waals surface area contributed by atoms with E-state index >= 15 is 0 Å². The zero-order valence-corrected chi connectivity index (χ0v) is 43.5. The van der Waals surface area contributed by atoms with Crippen molar-refractivity contribution >= 4 is 93.4 Å². The van der Waals surface area contributed by atoms with Gasteiger partial charge >= 0.3 is 0 Å². The molecule has 16 aromatic rings. The molecule has 0 spiro atoms. The van der Waals surface area contributed by atoms with Gasteiger partial charge in [-0.1, -0.05) is 212 Å². The lowest BCUT2D eigenvalue weighted by Gasteiger charge is -2.32. The van der Waals surface area contributed by atoms with Crippen LogP contribution in [-0.4, -0.2) is 9.13 Å². The van der Waals surface area contributed by atoms with Crippen LogP contribution in [0.3, 0.4) is 0 Å². The Balaban J connectivity index is 0.992. The van der Waals surface area contributed by atoms with Gasteiger partial charge < -0.3 is 18.5 Å². The Kier molecular flexibility index (Phi) is 10.5. The topological polar surface area (TPSA) is 26.2 Å². The molecule has 4 heteroatoms. The third kappa shape index (κ3) is 7.23. The number of aromatic nitrogens is 2. The summed E-state index contributed by atoms with van der Waals surface area (Å²) in [6.45, 7) is 0. The first-order valence-electron chi connectivity index (χ1n) is 27.4. The normalized spacial score (nSPS) is 11.8. The van der Waals surface area contributed by atoms with E-state index in [1.54, 1.807) is 0 Å². The summed E-state index contributed by atoms with van der Waals surface area (Å²) in [6, 6.07) is 108. The van der Waals surface area contributed by atoms with E-state index in [4.69, 9.17) is 4.42 Å². The maximum Gasteiger partial charge on any atom is 0.161 e. The molecule has 0 fully saturated rings. The van der Waals surface area contributed by atoms with Crippen molar-refractivity contribution in [1.82, 2.24) is 9.13 Å². The molecule has 0 saturated carbocycles. The van der Waals surface area contributed by atoms with Crippen LogP contribution in [0.15, 0.2) is 302 Å². The summed E-state index contributed by atoms with van der Waals surface area (Å²) in [5.74, 6) is 0. The Hall–Kier alpha value is -10.7. The minimum Gasteiger partial charge on any atom is -0.454 e. The van der Waals surface area contributed by atoms with E-state index in [0.29, 0.717) is 0 Å². The number of hydrogen-bond acceptors (Lipinski definition) is 2. The lowest BCUT2D eigenvalue weighted by molar-refractivity contribution is 0.673. The van der Waals surface area contributed by atoms with E-state index in [2.05, 4.69) is 305 Å². The average Bonchev–Trinajstić information content (AvgIpc) is 4.19. The van der Waals surface area contributed by atoms with Gasteiger partial charge in [-0.05, 0) is 123 Å². The maximum atomic E-state index is 6.81. The number of nitrogens with zero attached hydrogens (tertiary/aromatic N) is 3. The zero-order valence-electron chi connectivity index (χ0n) is 43.5. The van der Waals surface area contributed by atoms with E-state index in [0.717, 1.165) is 106 Å². The third-order valence-electron chi connectivity index (χ3n) is 16.3. The van der Waals surface area contributed by atoms with Crippen LogP contribution in [0.2, 0.25) is 0 Å². The molecule has 0 amide bonds. The molecule has 0 atom stereocenters. The first-order chi connectivity index (χ1) is 39.7. The molecule has 3 heterocycles. The number of fused-ring (bicyclic) bond motifs is 10. The summed E-state index contributed by atoms with van der Waals surface area (Å²) in [4.78, 5) is 2.53. The second-order valence-electron chi connectivity index (χ2n) is 20.8. The van der Waals surface area contributed by atoms with Gasteiger partial charge in [-0.15, -0.1) is 0 Å². The molecular weight excluding hydrogens is 971 g/mol. The Morgan fingerprint density at radius 3 is 1.48 bits per heavy atom. The fourth-order valence-corrected chi connectivity index (χ4v) is 12.7. The van der Waals surface area contributed by atoms with Crippen LogP contribution in [0.4, 0.5) is 17.1 Å². The predicted molar refractivity (Wildman–Crippen MR) is 336 cm³/mol. The molecule has 0 N–H and O–H groups in total. The summed E-state index contributed by atoms with van der Waals surface area (Å²) in [6.07, 6.45) is 0. The van der Waals surface area contributed by atoms with Crippen molar-refractivity contribution in [3.8, 4) is 55.9 Å². The average molecular weight is 1020 g/mol. The van der Waals surface area contributed by atoms with Crippen molar-refractivity contribution < 1.29 is 4.42 Å². The summed E-state index contributed by atoms with van der Waals surface area (Å²) in [5, 5.41) is 9.38. The summed E-state index contributed by atoms with van der Waals surface area (Å²) in [7, 11) is 0. The van der Waals surface area contributed by atoms with Crippen LogP contribution in [-0.2, 0) is 0 Å². The van der Waals surface area contributed by atoms with E-state index in [1.165, 1.54) is 43.4 Å². The molecule has 16 rings (SSSR count). The molecule has 0 bridgehead atoms.